The lowest BCUT2D eigenvalue weighted by molar-refractivity contribution is -0.139. The molecule has 1 aliphatic heterocycles. The van der Waals surface area contributed by atoms with E-state index in [1.165, 1.54) is 4.90 Å². The number of aliphatic carboxylic acids is 2. The number of carbonyl (C=O) groups excluding carboxylic acids is 1. The smallest absolute Gasteiger partial charge is 0.341 e. The second-order valence-corrected chi connectivity index (χ2v) is 7.68. The van der Waals surface area contributed by atoms with Crippen molar-refractivity contribution in [3.05, 3.63) is 64.6 Å². The summed E-state index contributed by atoms with van der Waals surface area (Å²) in [7, 11) is 0. The van der Waals surface area contributed by atoms with Crippen LogP contribution in [0.2, 0.25) is 0 Å². The highest BCUT2D eigenvalue weighted by Gasteiger charge is 2.33. The van der Waals surface area contributed by atoms with Gasteiger partial charge in [0, 0.05) is 0 Å². The van der Waals surface area contributed by atoms with Crippen LogP contribution in [0, 0.1) is 0 Å². The zero-order valence-electron chi connectivity index (χ0n) is 14.9. The summed E-state index contributed by atoms with van der Waals surface area (Å²) < 4.78 is 5.52. The largest absolute Gasteiger partial charge is 0.482 e. The molecule has 0 aliphatic carbocycles. The van der Waals surface area contributed by atoms with Gasteiger partial charge in [0.1, 0.15) is 5.75 Å². The Morgan fingerprint density at radius 2 is 1.83 bits per heavy atom. The number of rotatable bonds is 7. The first-order valence-corrected chi connectivity index (χ1v) is 9.59. The number of thiocarbonyl (C=S) groups is 1. The van der Waals surface area contributed by atoms with E-state index in [9.17, 15) is 14.4 Å². The van der Waals surface area contributed by atoms with Crippen molar-refractivity contribution >= 4 is 57.9 Å². The predicted octanol–water partition coefficient (Wildman–Crippen LogP) is 3.18. The van der Waals surface area contributed by atoms with Gasteiger partial charge in [0.15, 0.2) is 10.9 Å². The average molecular weight is 429 g/mol. The number of hydrogen-bond acceptors (Lipinski definition) is 6. The first kappa shape index (κ1) is 20.6. The van der Waals surface area contributed by atoms with E-state index >= 15 is 0 Å². The quantitative estimate of drug-likeness (QED) is 0.511. The molecule has 29 heavy (non-hydrogen) atoms. The van der Waals surface area contributed by atoms with E-state index in [2.05, 4.69) is 0 Å². The van der Waals surface area contributed by atoms with Gasteiger partial charge in [0.05, 0.1) is 17.0 Å². The molecule has 0 saturated carbocycles. The Morgan fingerprint density at radius 1 is 1.10 bits per heavy atom. The van der Waals surface area contributed by atoms with Crippen molar-refractivity contribution in [2.45, 2.75) is 6.42 Å². The Kier molecular flexibility index (Phi) is 6.30. The number of hydrogen-bond donors (Lipinski definition) is 2. The minimum atomic E-state index is -1.08. The number of ether oxygens (including phenoxy) is 1. The molecule has 0 unspecified atom stereocenters. The van der Waals surface area contributed by atoms with E-state index in [4.69, 9.17) is 27.2 Å². The van der Waals surface area contributed by atoms with Crippen molar-refractivity contribution in [3.63, 3.8) is 0 Å². The van der Waals surface area contributed by atoms with Gasteiger partial charge < -0.3 is 14.9 Å². The highest BCUT2D eigenvalue weighted by atomic mass is 32.2. The molecule has 148 valence electrons. The van der Waals surface area contributed by atoms with Gasteiger partial charge in [-0.2, -0.15) is 0 Å². The third-order valence-electron chi connectivity index (χ3n) is 3.86. The number of carboxylic acids is 2. The first-order valence-electron chi connectivity index (χ1n) is 8.37. The maximum Gasteiger partial charge on any atom is 0.341 e. The zero-order valence-corrected chi connectivity index (χ0v) is 16.5. The second-order valence-electron chi connectivity index (χ2n) is 6.01. The fourth-order valence-electron chi connectivity index (χ4n) is 2.62. The number of amides is 1. The molecule has 9 heteroatoms. The Labute approximate surface area is 175 Å². The third-order valence-corrected chi connectivity index (χ3v) is 5.16. The lowest BCUT2D eigenvalue weighted by Crippen LogP contribution is -2.27. The summed E-state index contributed by atoms with van der Waals surface area (Å²) in [5, 5.41) is 17.6. The van der Waals surface area contributed by atoms with Crippen molar-refractivity contribution in [1.29, 1.82) is 0 Å². The predicted molar refractivity (Wildman–Crippen MR) is 113 cm³/mol. The lowest BCUT2D eigenvalue weighted by atomic mass is 10.1. The normalized spacial score (nSPS) is 15.0. The van der Waals surface area contributed by atoms with Crippen LogP contribution in [-0.4, -0.2) is 39.0 Å². The molecule has 0 aromatic heterocycles. The van der Waals surface area contributed by atoms with E-state index in [-0.39, 0.29) is 12.3 Å². The molecule has 1 heterocycles. The molecule has 7 nitrogen and oxygen atoms in total. The van der Waals surface area contributed by atoms with Gasteiger partial charge in [-0.05, 0) is 41.5 Å². The Hall–Kier alpha value is -3.17. The SMILES string of the molecule is O=C(O)COc1cccc(/C=C2\SC(=S)N(c3ccc(CC(=O)O)cc3)C2=O)c1. The number of carboxylic acid groups (broad SMARTS) is 2. The van der Waals surface area contributed by atoms with Crippen molar-refractivity contribution in [2.75, 3.05) is 11.5 Å². The number of carbonyl (C=O) groups is 3. The number of nitrogens with zero attached hydrogens (tertiary/aromatic N) is 1. The van der Waals surface area contributed by atoms with Gasteiger partial charge in [-0.25, -0.2) is 4.79 Å². The number of anilines is 1. The van der Waals surface area contributed by atoms with Crippen molar-refractivity contribution in [1.82, 2.24) is 0 Å². The summed E-state index contributed by atoms with van der Waals surface area (Å²) in [6.45, 7) is -0.455. The molecule has 0 bridgehead atoms. The van der Waals surface area contributed by atoms with E-state index in [0.717, 1.165) is 11.8 Å². The van der Waals surface area contributed by atoms with Crippen LogP contribution in [-0.2, 0) is 20.8 Å². The number of benzene rings is 2. The standard InChI is InChI=1S/C20H15NO6S2/c22-17(23)10-12-4-6-14(7-5-12)21-19(26)16(29-20(21)28)9-13-2-1-3-15(8-13)27-11-18(24)25/h1-9H,10-11H2,(H,22,23)(H,24,25)/b16-9-. The van der Waals surface area contributed by atoms with Crippen LogP contribution in [0.15, 0.2) is 53.4 Å². The second kappa shape index (κ2) is 8.89. The molecule has 2 aromatic carbocycles. The van der Waals surface area contributed by atoms with E-state index < -0.39 is 18.5 Å². The minimum Gasteiger partial charge on any atom is -0.482 e. The van der Waals surface area contributed by atoms with E-state index in [1.54, 1.807) is 54.6 Å². The van der Waals surface area contributed by atoms with Crippen LogP contribution >= 0.6 is 24.0 Å². The molecule has 3 rings (SSSR count). The topological polar surface area (TPSA) is 104 Å². The summed E-state index contributed by atoms with van der Waals surface area (Å²) >= 11 is 6.49. The van der Waals surface area contributed by atoms with Gasteiger partial charge in [-0.1, -0.05) is 48.2 Å². The van der Waals surface area contributed by atoms with E-state index in [0.29, 0.717) is 31.8 Å². The summed E-state index contributed by atoms with van der Waals surface area (Å²) in [5.41, 5.74) is 1.86. The average Bonchev–Trinajstić information content (AvgIpc) is 2.94. The molecule has 2 aromatic rings. The zero-order chi connectivity index (χ0) is 21.0. The van der Waals surface area contributed by atoms with Crippen LogP contribution in [0.4, 0.5) is 5.69 Å². The van der Waals surface area contributed by atoms with Gasteiger partial charge in [0.2, 0.25) is 0 Å². The Bertz CT molecular complexity index is 1020. The fourth-order valence-corrected chi connectivity index (χ4v) is 3.92. The van der Waals surface area contributed by atoms with E-state index in [1.807, 2.05) is 0 Å². The van der Waals surface area contributed by atoms with Gasteiger partial charge in [-0.3, -0.25) is 14.5 Å². The molecule has 1 aliphatic rings. The van der Waals surface area contributed by atoms with Gasteiger partial charge >= 0.3 is 11.9 Å². The van der Waals surface area contributed by atoms with Crippen LogP contribution in [0.3, 0.4) is 0 Å². The molecule has 0 radical (unpaired) electrons. The third kappa shape index (κ3) is 5.21. The highest BCUT2D eigenvalue weighted by Crippen LogP contribution is 2.36. The maximum atomic E-state index is 12.8. The van der Waals surface area contributed by atoms with Crippen molar-refractivity contribution in [3.8, 4) is 5.75 Å². The maximum absolute atomic E-state index is 12.8. The molecular weight excluding hydrogens is 414 g/mol. The summed E-state index contributed by atoms with van der Waals surface area (Å²) in [5.74, 6) is -1.92. The first-order chi connectivity index (χ1) is 13.8. The molecule has 1 saturated heterocycles. The highest BCUT2D eigenvalue weighted by molar-refractivity contribution is 8.27. The molecule has 2 N–H and O–H groups in total. The molecule has 0 spiro atoms. The fraction of sp³-hybridized carbons (Fsp3) is 0.100. The van der Waals surface area contributed by atoms with Crippen LogP contribution in [0.5, 0.6) is 5.75 Å². The van der Waals surface area contributed by atoms with Crippen molar-refractivity contribution < 1.29 is 29.3 Å². The Morgan fingerprint density at radius 3 is 2.48 bits per heavy atom. The minimum absolute atomic E-state index is 0.0983. The van der Waals surface area contributed by atoms with Crippen LogP contribution in [0.25, 0.3) is 6.08 Å². The lowest BCUT2D eigenvalue weighted by Gasteiger charge is -2.14. The summed E-state index contributed by atoms with van der Waals surface area (Å²) in [6, 6.07) is 13.3. The number of thioether (sulfide) groups is 1. The summed E-state index contributed by atoms with van der Waals surface area (Å²) in [6.07, 6.45) is 1.56. The van der Waals surface area contributed by atoms with Crippen LogP contribution in [0.1, 0.15) is 11.1 Å². The monoisotopic (exact) mass is 429 g/mol. The van der Waals surface area contributed by atoms with Crippen molar-refractivity contribution in [2.24, 2.45) is 0 Å². The molecule has 1 amide bonds. The van der Waals surface area contributed by atoms with Crippen LogP contribution < -0.4 is 9.64 Å². The molecule has 0 atom stereocenters. The van der Waals surface area contributed by atoms with Gasteiger partial charge in [0.25, 0.3) is 5.91 Å². The Balaban J connectivity index is 1.79. The molecule has 1 fully saturated rings. The molecular formula is C20H15NO6S2. The van der Waals surface area contributed by atoms with Gasteiger partial charge in [-0.15, -0.1) is 0 Å². The summed E-state index contributed by atoms with van der Waals surface area (Å²) in [4.78, 5) is 36.1.